The Balaban J connectivity index is 2.06. The van der Waals surface area contributed by atoms with E-state index in [0.717, 1.165) is 5.56 Å². The van der Waals surface area contributed by atoms with E-state index < -0.39 is 4.92 Å². The van der Waals surface area contributed by atoms with Gasteiger partial charge < -0.3 is 15.2 Å². The second-order valence-electron chi connectivity index (χ2n) is 4.46. The molecule has 0 aliphatic carbocycles. The highest BCUT2D eigenvalue weighted by Gasteiger charge is 2.19. The fourth-order valence-electron chi connectivity index (χ4n) is 2.02. The first kappa shape index (κ1) is 14.6. The van der Waals surface area contributed by atoms with Crippen molar-refractivity contribution in [3.8, 4) is 11.5 Å². The lowest BCUT2D eigenvalue weighted by Gasteiger charge is -2.09. The van der Waals surface area contributed by atoms with Gasteiger partial charge in [-0.3, -0.25) is 10.1 Å². The van der Waals surface area contributed by atoms with E-state index >= 15 is 0 Å². The van der Waals surface area contributed by atoms with E-state index in [0.29, 0.717) is 18.7 Å². The van der Waals surface area contributed by atoms with Crippen molar-refractivity contribution in [3.05, 3.63) is 58.1 Å². The van der Waals surface area contributed by atoms with Gasteiger partial charge in [0.1, 0.15) is 11.4 Å². The lowest BCUT2D eigenvalue weighted by Crippen LogP contribution is -2.07. The van der Waals surface area contributed by atoms with Crippen molar-refractivity contribution in [1.29, 1.82) is 0 Å². The monoisotopic (exact) mass is 288 g/mol. The zero-order valence-corrected chi connectivity index (χ0v) is 11.6. The van der Waals surface area contributed by atoms with Crippen LogP contribution < -0.4 is 10.1 Å². The Kier molecular flexibility index (Phi) is 4.61. The number of aromatic hydroxyl groups is 1. The van der Waals surface area contributed by atoms with Crippen LogP contribution in [0.1, 0.15) is 5.56 Å². The molecule has 0 unspecified atom stereocenters. The molecule has 0 bridgehead atoms. The molecule has 2 rings (SSSR count). The van der Waals surface area contributed by atoms with Crippen LogP contribution in [0.2, 0.25) is 0 Å². The van der Waals surface area contributed by atoms with Crippen molar-refractivity contribution in [2.75, 3.05) is 19.0 Å². The third-order valence-electron chi connectivity index (χ3n) is 3.07. The Morgan fingerprint density at radius 3 is 2.57 bits per heavy atom. The minimum atomic E-state index is -0.457. The van der Waals surface area contributed by atoms with Gasteiger partial charge in [-0.2, -0.15) is 0 Å². The van der Waals surface area contributed by atoms with Crippen molar-refractivity contribution in [1.82, 2.24) is 0 Å². The van der Waals surface area contributed by atoms with Gasteiger partial charge in [-0.25, -0.2) is 0 Å². The first-order chi connectivity index (χ1) is 10.1. The highest BCUT2D eigenvalue weighted by atomic mass is 16.6. The Bertz CT molecular complexity index is 626. The number of nitrogens with one attached hydrogen (secondary N) is 1. The van der Waals surface area contributed by atoms with Crippen LogP contribution in [-0.4, -0.2) is 23.7 Å². The van der Waals surface area contributed by atoms with Gasteiger partial charge in [0.2, 0.25) is 0 Å². The van der Waals surface area contributed by atoms with Gasteiger partial charge in [-0.05, 0) is 36.2 Å². The SMILES string of the molecule is COc1cccc(NCCc2ccc(O)cc2)c1[N+](=O)[O-]. The Hall–Kier alpha value is -2.76. The van der Waals surface area contributed by atoms with Crippen molar-refractivity contribution >= 4 is 11.4 Å². The van der Waals surface area contributed by atoms with Crippen molar-refractivity contribution < 1.29 is 14.8 Å². The molecular formula is C15H16N2O4. The van der Waals surface area contributed by atoms with Gasteiger partial charge in [-0.15, -0.1) is 0 Å². The fraction of sp³-hybridized carbons (Fsp3) is 0.200. The molecule has 0 amide bonds. The maximum Gasteiger partial charge on any atom is 0.333 e. The molecule has 21 heavy (non-hydrogen) atoms. The van der Waals surface area contributed by atoms with E-state index in [1.165, 1.54) is 7.11 Å². The summed E-state index contributed by atoms with van der Waals surface area (Å²) in [5.41, 5.74) is 1.40. The second kappa shape index (κ2) is 6.60. The number of phenolic OH excluding ortho intramolecular Hbond substituents is 1. The molecule has 0 saturated heterocycles. The standard InChI is InChI=1S/C15H16N2O4/c1-21-14-4-2-3-13(15(14)17(19)20)16-10-9-11-5-7-12(18)8-6-11/h2-8,16,18H,9-10H2,1H3. The lowest BCUT2D eigenvalue weighted by atomic mass is 10.1. The van der Waals surface area contributed by atoms with Crippen molar-refractivity contribution in [2.45, 2.75) is 6.42 Å². The van der Waals surface area contributed by atoms with E-state index in [9.17, 15) is 15.2 Å². The maximum atomic E-state index is 11.1. The van der Waals surface area contributed by atoms with Crippen LogP contribution in [0.3, 0.4) is 0 Å². The second-order valence-corrected chi connectivity index (χ2v) is 4.46. The molecule has 0 aliphatic rings. The highest BCUT2D eigenvalue weighted by Crippen LogP contribution is 2.34. The summed E-state index contributed by atoms with van der Waals surface area (Å²) < 4.78 is 5.02. The number of phenols is 1. The first-order valence-corrected chi connectivity index (χ1v) is 6.45. The van der Waals surface area contributed by atoms with Gasteiger partial charge in [0.15, 0.2) is 5.75 Å². The number of anilines is 1. The van der Waals surface area contributed by atoms with Crippen LogP contribution >= 0.6 is 0 Å². The summed E-state index contributed by atoms with van der Waals surface area (Å²) in [6, 6.07) is 11.8. The third-order valence-corrected chi connectivity index (χ3v) is 3.07. The average Bonchev–Trinajstić information content (AvgIpc) is 2.48. The van der Waals surface area contributed by atoms with E-state index in [-0.39, 0.29) is 17.2 Å². The summed E-state index contributed by atoms with van der Waals surface area (Å²) >= 11 is 0. The number of para-hydroxylation sites is 1. The van der Waals surface area contributed by atoms with E-state index in [1.54, 1.807) is 30.3 Å². The van der Waals surface area contributed by atoms with Crippen molar-refractivity contribution in [3.63, 3.8) is 0 Å². The molecule has 6 nitrogen and oxygen atoms in total. The molecule has 0 atom stereocenters. The van der Waals surface area contributed by atoms with Crippen LogP contribution in [0.5, 0.6) is 11.5 Å². The molecule has 0 aromatic heterocycles. The summed E-state index contributed by atoms with van der Waals surface area (Å²) in [4.78, 5) is 10.7. The van der Waals surface area contributed by atoms with Crippen LogP contribution in [0.15, 0.2) is 42.5 Å². The minimum Gasteiger partial charge on any atom is -0.508 e. The van der Waals surface area contributed by atoms with Gasteiger partial charge in [0, 0.05) is 6.54 Å². The number of ether oxygens (including phenoxy) is 1. The van der Waals surface area contributed by atoms with Crippen LogP contribution in [0, 0.1) is 10.1 Å². The maximum absolute atomic E-state index is 11.1. The first-order valence-electron chi connectivity index (χ1n) is 6.45. The lowest BCUT2D eigenvalue weighted by molar-refractivity contribution is -0.384. The predicted octanol–water partition coefficient (Wildman–Crippen LogP) is 2.96. The topological polar surface area (TPSA) is 84.6 Å². The fourth-order valence-corrected chi connectivity index (χ4v) is 2.02. The third kappa shape index (κ3) is 3.62. The zero-order chi connectivity index (χ0) is 15.2. The minimum absolute atomic E-state index is 0.0642. The molecule has 0 heterocycles. The number of methoxy groups -OCH3 is 1. The number of hydrogen-bond acceptors (Lipinski definition) is 5. The zero-order valence-electron chi connectivity index (χ0n) is 11.6. The summed E-state index contributed by atoms with van der Waals surface area (Å²) in [6.07, 6.45) is 0.689. The van der Waals surface area contributed by atoms with Crippen molar-refractivity contribution in [2.24, 2.45) is 0 Å². The Morgan fingerprint density at radius 2 is 1.95 bits per heavy atom. The normalized spacial score (nSPS) is 10.1. The predicted molar refractivity (Wildman–Crippen MR) is 79.9 cm³/mol. The number of nitro groups is 1. The number of nitro benzene ring substituents is 1. The molecule has 0 fully saturated rings. The smallest absolute Gasteiger partial charge is 0.333 e. The highest BCUT2D eigenvalue weighted by molar-refractivity contribution is 5.68. The number of benzene rings is 2. The summed E-state index contributed by atoms with van der Waals surface area (Å²) in [5, 5.41) is 23.4. The largest absolute Gasteiger partial charge is 0.508 e. The number of hydrogen-bond donors (Lipinski definition) is 2. The molecule has 0 radical (unpaired) electrons. The van der Waals surface area contributed by atoms with Gasteiger partial charge in [0.25, 0.3) is 0 Å². The molecule has 110 valence electrons. The molecule has 0 saturated carbocycles. The number of nitrogens with zero attached hydrogens (tertiary/aromatic N) is 1. The quantitative estimate of drug-likeness (QED) is 0.630. The van der Waals surface area contributed by atoms with Crippen LogP contribution in [0.25, 0.3) is 0 Å². The van der Waals surface area contributed by atoms with Gasteiger partial charge in [0.05, 0.1) is 12.0 Å². The van der Waals surface area contributed by atoms with E-state index in [2.05, 4.69) is 5.32 Å². The van der Waals surface area contributed by atoms with Crippen LogP contribution in [0.4, 0.5) is 11.4 Å². The molecule has 2 aromatic rings. The molecule has 2 aromatic carbocycles. The van der Waals surface area contributed by atoms with Gasteiger partial charge >= 0.3 is 5.69 Å². The van der Waals surface area contributed by atoms with E-state index in [4.69, 9.17) is 4.74 Å². The molecule has 2 N–H and O–H groups in total. The van der Waals surface area contributed by atoms with Crippen LogP contribution in [-0.2, 0) is 6.42 Å². The van der Waals surface area contributed by atoms with Gasteiger partial charge in [-0.1, -0.05) is 18.2 Å². The average molecular weight is 288 g/mol. The Morgan fingerprint density at radius 1 is 1.24 bits per heavy atom. The molecular weight excluding hydrogens is 272 g/mol. The number of rotatable bonds is 6. The Labute approximate surface area is 122 Å². The summed E-state index contributed by atoms with van der Waals surface area (Å²) in [6.45, 7) is 0.540. The molecule has 0 aliphatic heterocycles. The summed E-state index contributed by atoms with van der Waals surface area (Å²) in [7, 11) is 1.41. The van der Waals surface area contributed by atoms with E-state index in [1.807, 2.05) is 12.1 Å². The summed E-state index contributed by atoms with van der Waals surface area (Å²) in [5.74, 6) is 0.449. The molecule has 6 heteroatoms. The molecule has 0 spiro atoms.